The number of alkyl halides is 3. The van der Waals surface area contributed by atoms with E-state index in [0.29, 0.717) is 63.0 Å². The van der Waals surface area contributed by atoms with Crippen LogP contribution in [-0.4, -0.2) is 50.2 Å². The lowest BCUT2D eigenvalue weighted by molar-refractivity contribution is -0.137. The number of hydrogen-bond acceptors (Lipinski definition) is 4. The van der Waals surface area contributed by atoms with Crippen LogP contribution in [0.2, 0.25) is 0 Å². The molecule has 1 amide bonds. The van der Waals surface area contributed by atoms with Crippen molar-refractivity contribution in [2.45, 2.75) is 39.5 Å². The Hall–Kier alpha value is -2.74. The fourth-order valence-corrected chi connectivity index (χ4v) is 3.78. The second-order valence-electron chi connectivity index (χ2n) is 7.99. The van der Waals surface area contributed by atoms with Gasteiger partial charge in [0.05, 0.1) is 18.8 Å². The van der Waals surface area contributed by atoms with Crippen LogP contribution in [0.1, 0.15) is 48.2 Å². The average Bonchev–Trinajstić information content (AvgIpc) is 2.82. The highest BCUT2D eigenvalue weighted by molar-refractivity contribution is 5.94. The Morgan fingerprint density at radius 1 is 1.03 bits per heavy atom. The number of rotatable bonds is 9. The largest absolute Gasteiger partial charge is 0.494 e. The number of piperazine rings is 1. The van der Waals surface area contributed by atoms with Gasteiger partial charge in [-0.25, -0.2) is 0 Å². The summed E-state index contributed by atoms with van der Waals surface area (Å²) in [6.07, 6.45) is -2.36. The van der Waals surface area contributed by atoms with E-state index >= 15 is 0 Å². The molecule has 2 aromatic rings. The zero-order valence-electron chi connectivity index (χ0n) is 19.2. The summed E-state index contributed by atoms with van der Waals surface area (Å²) < 4.78 is 50.5. The molecule has 0 bridgehead atoms. The Morgan fingerprint density at radius 2 is 1.79 bits per heavy atom. The van der Waals surface area contributed by atoms with Crippen LogP contribution in [0.15, 0.2) is 42.5 Å². The van der Waals surface area contributed by atoms with E-state index in [9.17, 15) is 18.0 Å². The summed E-state index contributed by atoms with van der Waals surface area (Å²) in [6, 6.07) is 10.7. The Labute approximate surface area is 193 Å². The molecule has 0 aromatic heterocycles. The van der Waals surface area contributed by atoms with Gasteiger partial charge in [0.1, 0.15) is 5.75 Å². The highest BCUT2D eigenvalue weighted by atomic mass is 19.4. The molecule has 180 valence electrons. The van der Waals surface area contributed by atoms with Crippen LogP contribution < -0.4 is 9.64 Å². The molecule has 5 nitrogen and oxygen atoms in total. The Bertz CT molecular complexity index is 925. The van der Waals surface area contributed by atoms with Crippen molar-refractivity contribution in [1.29, 1.82) is 0 Å². The van der Waals surface area contributed by atoms with Crippen molar-refractivity contribution in [1.82, 2.24) is 4.90 Å². The van der Waals surface area contributed by atoms with E-state index in [0.717, 1.165) is 30.5 Å². The molecule has 1 fully saturated rings. The van der Waals surface area contributed by atoms with Crippen molar-refractivity contribution < 1.29 is 27.4 Å². The van der Waals surface area contributed by atoms with Gasteiger partial charge in [-0.2, -0.15) is 13.2 Å². The molecule has 0 spiro atoms. The molecule has 0 atom stereocenters. The topological polar surface area (TPSA) is 42.0 Å². The SMILES string of the molecule is CCCCOCc1cc(C(=O)N2CCN(c3cccc(C(F)(F)F)c3)CC2)ccc1OCC. The number of halogens is 3. The molecule has 8 heteroatoms. The molecule has 0 N–H and O–H groups in total. The molecular weight excluding hydrogens is 433 g/mol. The van der Waals surface area contributed by atoms with Crippen molar-refractivity contribution in [3.63, 3.8) is 0 Å². The number of benzene rings is 2. The predicted molar refractivity (Wildman–Crippen MR) is 122 cm³/mol. The molecule has 0 saturated carbocycles. The zero-order chi connectivity index (χ0) is 23.8. The average molecular weight is 465 g/mol. The van der Waals surface area contributed by atoms with Crippen LogP contribution in [0.3, 0.4) is 0 Å². The van der Waals surface area contributed by atoms with E-state index in [1.807, 2.05) is 17.9 Å². The minimum absolute atomic E-state index is 0.100. The van der Waals surface area contributed by atoms with Gasteiger partial charge >= 0.3 is 6.18 Å². The molecule has 1 aliphatic rings. The Balaban J connectivity index is 1.65. The van der Waals surface area contributed by atoms with Gasteiger partial charge in [-0.05, 0) is 49.7 Å². The molecule has 3 rings (SSSR count). The second kappa shape index (κ2) is 11.4. The number of unbranched alkanes of at least 4 members (excludes halogenated alkanes) is 1. The molecule has 0 radical (unpaired) electrons. The second-order valence-corrected chi connectivity index (χ2v) is 7.99. The van der Waals surface area contributed by atoms with Crippen molar-refractivity contribution in [2.24, 2.45) is 0 Å². The maximum absolute atomic E-state index is 13.1. The molecule has 33 heavy (non-hydrogen) atoms. The van der Waals surface area contributed by atoms with Crippen LogP contribution in [-0.2, 0) is 17.5 Å². The summed E-state index contributed by atoms with van der Waals surface area (Å²) in [7, 11) is 0. The number of amides is 1. The number of nitrogens with zero attached hydrogens (tertiary/aromatic N) is 2. The summed E-state index contributed by atoms with van der Waals surface area (Å²) in [6.45, 7) is 7.36. The highest BCUT2D eigenvalue weighted by Gasteiger charge is 2.31. The monoisotopic (exact) mass is 464 g/mol. The quantitative estimate of drug-likeness (QED) is 0.467. The minimum Gasteiger partial charge on any atom is -0.494 e. The van der Waals surface area contributed by atoms with E-state index in [1.54, 1.807) is 23.1 Å². The van der Waals surface area contributed by atoms with E-state index in [4.69, 9.17) is 9.47 Å². The molecule has 0 unspecified atom stereocenters. The van der Waals surface area contributed by atoms with Gasteiger partial charge in [0.25, 0.3) is 5.91 Å². The van der Waals surface area contributed by atoms with Crippen LogP contribution in [0.5, 0.6) is 5.75 Å². The Kier molecular flexibility index (Phi) is 8.61. The van der Waals surface area contributed by atoms with Crippen LogP contribution >= 0.6 is 0 Å². The molecule has 1 saturated heterocycles. The van der Waals surface area contributed by atoms with Gasteiger partial charge in [-0.15, -0.1) is 0 Å². The first-order chi connectivity index (χ1) is 15.8. The van der Waals surface area contributed by atoms with Gasteiger partial charge in [0.15, 0.2) is 0 Å². The Morgan fingerprint density at radius 3 is 2.45 bits per heavy atom. The summed E-state index contributed by atoms with van der Waals surface area (Å²) in [5.74, 6) is 0.608. The third-order valence-electron chi connectivity index (χ3n) is 5.61. The first kappa shape index (κ1) is 24.9. The molecular formula is C25H31F3N2O3. The van der Waals surface area contributed by atoms with Gasteiger partial charge in [-0.1, -0.05) is 19.4 Å². The third kappa shape index (κ3) is 6.63. The number of hydrogen-bond donors (Lipinski definition) is 0. The summed E-state index contributed by atoms with van der Waals surface area (Å²) in [4.78, 5) is 16.7. The first-order valence-electron chi connectivity index (χ1n) is 11.4. The normalized spacial score (nSPS) is 14.5. The van der Waals surface area contributed by atoms with E-state index < -0.39 is 11.7 Å². The molecule has 1 heterocycles. The maximum Gasteiger partial charge on any atom is 0.416 e. The molecule has 0 aliphatic carbocycles. The molecule has 2 aromatic carbocycles. The van der Waals surface area contributed by atoms with Crippen LogP contribution in [0.25, 0.3) is 0 Å². The van der Waals surface area contributed by atoms with Gasteiger partial charge in [0, 0.05) is 49.6 Å². The maximum atomic E-state index is 13.1. The lowest BCUT2D eigenvalue weighted by Crippen LogP contribution is -2.48. The first-order valence-corrected chi connectivity index (χ1v) is 11.4. The number of carbonyl (C=O) groups is 1. The lowest BCUT2D eigenvalue weighted by atomic mass is 10.1. The summed E-state index contributed by atoms with van der Waals surface area (Å²) in [5.41, 5.74) is 1.24. The fourth-order valence-electron chi connectivity index (χ4n) is 3.78. The van der Waals surface area contributed by atoms with Crippen molar-refractivity contribution in [3.05, 3.63) is 59.2 Å². The van der Waals surface area contributed by atoms with Crippen molar-refractivity contribution >= 4 is 11.6 Å². The van der Waals surface area contributed by atoms with E-state index in [-0.39, 0.29) is 5.91 Å². The minimum atomic E-state index is -4.38. The standard InChI is InChI=1S/C25H31F3N2O3/c1-3-5-15-32-18-20-16-19(9-10-23(20)33-4-2)24(31)30-13-11-29(12-14-30)22-8-6-7-21(17-22)25(26,27)28/h6-10,16-17H,3-5,11-15,18H2,1-2H3. The van der Waals surface area contributed by atoms with Gasteiger partial charge < -0.3 is 19.3 Å². The van der Waals surface area contributed by atoms with Crippen LogP contribution in [0, 0.1) is 0 Å². The highest BCUT2D eigenvalue weighted by Crippen LogP contribution is 2.32. The molecule has 1 aliphatic heterocycles. The van der Waals surface area contributed by atoms with Crippen LogP contribution in [0.4, 0.5) is 18.9 Å². The fraction of sp³-hybridized carbons (Fsp3) is 0.480. The summed E-state index contributed by atoms with van der Waals surface area (Å²) >= 11 is 0. The number of ether oxygens (including phenoxy) is 2. The predicted octanol–water partition coefficient (Wildman–Crippen LogP) is 5.38. The van der Waals surface area contributed by atoms with Crippen molar-refractivity contribution in [2.75, 3.05) is 44.3 Å². The van der Waals surface area contributed by atoms with Gasteiger partial charge in [-0.3, -0.25) is 4.79 Å². The van der Waals surface area contributed by atoms with E-state index in [2.05, 4.69) is 6.92 Å². The van der Waals surface area contributed by atoms with E-state index in [1.165, 1.54) is 6.07 Å². The zero-order valence-corrected chi connectivity index (χ0v) is 19.2. The van der Waals surface area contributed by atoms with Crippen molar-refractivity contribution in [3.8, 4) is 5.75 Å². The summed E-state index contributed by atoms with van der Waals surface area (Å²) in [5, 5.41) is 0. The smallest absolute Gasteiger partial charge is 0.416 e. The lowest BCUT2D eigenvalue weighted by Gasteiger charge is -2.36. The van der Waals surface area contributed by atoms with Gasteiger partial charge in [0.2, 0.25) is 0 Å². The number of carbonyl (C=O) groups excluding carboxylic acids is 1. The number of anilines is 1. The third-order valence-corrected chi connectivity index (χ3v) is 5.61.